The van der Waals surface area contributed by atoms with Crippen molar-refractivity contribution in [3.63, 3.8) is 0 Å². The van der Waals surface area contributed by atoms with Crippen LogP contribution in [0.5, 0.6) is 17.2 Å². The number of benzene rings is 1. The highest BCUT2D eigenvalue weighted by Gasteiger charge is 2.20. The molecule has 1 fully saturated rings. The van der Waals surface area contributed by atoms with E-state index in [1.54, 1.807) is 7.11 Å². The number of hydrogen-bond donors (Lipinski definition) is 1. The van der Waals surface area contributed by atoms with Crippen molar-refractivity contribution in [1.29, 1.82) is 0 Å². The number of fused-ring (bicyclic) bond motifs is 1. The summed E-state index contributed by atoms with van der Waals surface area (Å²) >= 11 is 0. The lowest BCUT2D eigenvalue weighted by molar-refractivity contribution is 0.151. The summed E-state index contributed by atoms with van der Waals surface area (Å²) in [6.45, 7) is 3.31. The van der Waals surface area contributed by atoms with Crippen molar-refractivity contribution in [2.75, 3.05) is 27.0 Å². The molecule has 0 amide bonds. The summed E-state index contributed by atoms with van der Waals surface area (Å²) in [7, 11) is 1.65. The molecule has 0 spiro atoms. The second kappa shape index (κ2) is 5.67. The summed E-state index contributed by atoms with van der Waals surface area (Å²) in [4.78, 5) is 0. The minimum Gasteiger partial charge on any atom is -0.493 e. The Kier molecular flexibility index (Phi) is 3.75. The van der Waals surface area contributed by atoms with Crippen LogP contribution in [-0.2, 0) is 6.54 Å². The first kappa shape index (κ1) is 12.6. The molecule has 0 aliphatic carbocycles. The van der Waals surface area contributed by atoms with Gasteiger partial charge in [-0.3, -0.25) is 5.43 Å². The van der Waals surface area contributed by atoms with Crippen LogP contribution in [0.25, 0.3) is 0 Å². The molecule has 0 bridgehead atoms. The predicted octanol–water partition coefficient (Wildman–Crippen LogP) is 1.91. The molecule has 5 nitrogen and oxygen atoms in total. The number of nitrogens with zero attached hydrogens (tertiary/aromatic N) is 1. The normalized spacial score (nSPS) is 18.6. The smallest absolute Gasteiger partial charge is 0.231 e. The van der Waals surface area contributed by atoms with Crippen molar-refractivity contribution < 1.29 is 14.2 Å². The Morgan fingerprint density at radius 2 is 2.05 bits per heavy atom. The van der Waals surface area contributed by atoms with Gasteiger partial charge in [0.05, 0.1) is 7.11 Å². The van der Waals surface area contributed by atoms with E-state index in [-0.39, 0.29) is 6.79 Å². The Labute approximate surface area is 113 Å². The molecule has 2 aliphatic heterocycles. The first-order valence-corrected chi connectivity index (χ1v) is 6.82. The largest absolute Gasteiger partial charge is 0.493 e. The monoisotopic (exact) mass is 264 g/mol. The summed E-state index contributed by atoms with van der Waals surface area (Å²) in [6, 6.07) is 4.02. The van der Waals surface area contributed by atoms with E-state index < -0.39 is 0 Å². The lowest BCUT2D eigenvalue weighted by Crippen LogP contribution is -2.41. The predicted molar refractivity (Wildman–Crippen MR) is 71.4 cm³/mol. The maximum Gasteiger partial charge on any atom is 0.231 e. The third kappa shape index (κ3) is 2.77. The number of hydrogen-bond acceptors (Lipinski definition) is 5. The molecule has 3 rings (SSSR count). The van der Waals surface area contributed by atoms with Crippen LogP contribution in [0.1, 0.15) is 24.8 Å². The van der Waals surface area contributed by atoms with Crippen LogP contribution in [0.15, 0.2) is 12.1 Å². The van der Waals surface area contributed by atoms with Gasteiger partial charge in [0, 0.05) is 19.6 Å². The van der Waals surface area contributed by atoms with Crippen LogP contribution < -0.4 is 19.6 Å². The third-order valence-corrected chi connectivity index (χ3v) is 3.58. The summed E-state index contributed by atoms with van der Waals surface area (Å²) in [5.41, 5.74) is 4.61. The molecular formula is C14H20N2O3. The van der Waals surface area contributed by atoms with Gasteiger partial charge >= 0.3 is 0 Å². The summed E-state index contributed by atoms with van der Waals surface area (Å²) < 4.78 is 16.2. The quantitative estimate of drug-likeness (QED) is 0.900. The Balaban J connectivity index is 1.67. The fraction of sp³-hybridized carbons (Fsp3) is 0.571. The van der Waals surface area contributed by atoms with Crippen molar-refractivity contribution >= 4 is 0 Å². The molecule has 104 valence electrons. The molecule has 19 heavy (non-hydrogen) atoms. The van der Waals surface area contributed by atoms with Crippen LogP contribution in [0.2, 0.25) is 0 Å². The SMILES string of the molecule is COc1cc(CNN2CCCCC2)cc2c1OCO2. The fourth-order valence-corrected chi connectivity index (χ4v) is 2.54. The molecule has 1 saturated heterocycles. The van der Waals surface area contributed by atoms with Gasteiger partial charge < -0.3 is 14.2 Å². The Bertz CT molecular complexity index is 445. The minimum atomic E-state index is 0.273. The molecule has 0 atom stereocenters. The lowest BCUT2D eigenvalue weighted by atomic mass is 10.1. The first-order chi connectivity index (χ1) is 9.36. The highest BCUT2D eigenvalue weighted by Crippen LogP contribution is 2.41. The van der Waals surface area contributed by atoms with E-state index in [1.807, 2.05) is 12.1 Å². The van der Waals surface area contributed by atoms with Crippen LogP contribution in [0.3, 0.4) is 0 Å². The van der Waals surface area contributed by atoms with Gasteiger partial charge in [-0.2, -0.15) is 0 Å². The number of hydrazine groups is 1. The molecule has 1 N–H and O–H groups in total. The van der Waals surface area contributed by atoms with E-state index in [1.165, 1.54) is 19.3 Å². The van der Waals surface area contributed by atoms with E-state index >= 15 is 0 Å². The van der Waals surface area contributed by atoms with Gasteiger partial charge in [0.25, 0.3) is 0 Å². The molecule has 0 unspecified atom stereocenters. The molecule has 5 heteroatoms. The van der Waals surface area contributed by atoms with Crippen molar-refractivity contribution in [2.45, 2.75) is 25.8 Å². The van der Waals surface area contributed by atoms with Gasteiger partial charge in [-0.1, -0.05) is 6.42 Å². The van der Waals surface area contributed by atoms with Gasteiger partial charge in [0.15, 0.2) is 11.5 Å². The summed E-state index contributed by atoms with van der Waals surface area (Å²) in [6.07, 6.45) is 3.89. The summed E-state index contributed by atoms with van der Waals surface area (Å²) in [5, 5.41) is 2.29. The van der Waals surface area contributed by atoms with Crippen molar-refractivity contribution in [3.05, 3.63) is 17.7 Å². The Morgan fingerprint density at radius 1 is 1.21 bits per heavy atom. The molecule has 1 aromatic rings. The molecular weight excluding hydrogens is 244 g/mol. The molecule has 0 saturated carbocycles. The molecule has 1 aromatic carbocycles. The van der Waals surface area contributed by atoms with Gasteiger partial charge in [0.1, 0.15) is 0 Å². The zero-order chi connectivity index (χ0) is 13.1. The van der Waals surface area contributed by atoms with Crippen LogP contribution in [0.4, 0.5) is 0 Å². The number of methoxy groups -OCH3 is 1. The van der Waals surface area contributed by atoms with Crippen molar-refractivity contribution in [3.8, 4) is 17.2 Å². The maximum absolute atomic E-state index is 5.43. The molecule has 2 aliphatic rings. The van der Waals surface area contributed by atoms with Gasteiger partial charge in [-0.15, -0.1) is 0 Å². The lowest BCUT2D eigenvalue weighted by Gasteiger charge is -2.27. The zero-order valence-corrected chi connectivity index (χ0v) is 11.3. The maximum atomic E-state index is 5.43. The second-order valence-electron chi connectivity index (χ2n) is 4.91. The van der Waals surface area contributed by atoms with Gasteiger partial charge in [0.2, 0.25) is 12.5 Å². The zero-order valence-electron chi connectivity index (χ0n) is 11.3. The average molecular weight is 264 g/mol. The van der Waals surface area contributed by atoms with Gasteiger partial charge in [-0.25, -0.2) is 5.01 Å². The molecule has 0 aromatic heterocycles. The van der Waals surface area contributed by atoms with E-state index in [9.17, 15) is 0 Å². The number of ether oxygens (including phenoxy) is 3. The average Bonchev–Trinajstić information content (AvgIpc) is 2.93. The van der Waals surface area contributed by atoms with Gasteiger partial charge in [-0.05, 0) is 30.5 Å². The van der Waals surface area contributed by atoms with E-state index in [4.69, 9.17) is 14.2 Å². The van der Waals surface area contributed by atoms with Crippen LogP contribution in [0, 0.1) is 0 Å². The Hall–Kier alpha value is -1.46. The van der Waals surface area contributed by atoms with E-state index in [2.05, 4.69) is 10.4 Å². The topological polar surface area (TPSA) is 43.0 Å². The number of nitrogens with one attached hydrogen (secondary N) is 1. The minimum absolute atomic E-state index is 0.273. The number of piperidine rings is 1. The first-order valence-electron chi connectivity index (χ1n) is 6.82. The highest BCUT2D eigenvalue weighted by molar-refractivity contribution is 5.55. The highest BCUT2D eigenvalue weighted by atomic mass is 16.7. The van der Waals surface area contributed by atoms with E-state index in [0.29, 0.717) is 5.75 Å². The fourth-order valence-electron chi connectivity index (χ4n) is 2.54. The second-order valence-corrected chi connectivity index (χ2v) is 4.91. The van der Waals surface area contributed by atoms with E-state index in [0.717, 1.165) is 36.7 Å². The van der Waals surface area contributed by atoms with Crippen molar-refractivity contribution in [2.24, 2.45) is 0 Å². The number of rotatable bonds is 4. The standard InChI is InChI=1S/C14H20N2O3/c1-17-12-7-11(8-13-14(12)19-10-18-13)9-15-16-5-3-2-4-6-16/h7-8,15H,2-6,9-10H2,1H3. The summed E-state index contributed by atoms with van der Waals surface area (Å²) in [5.74, 6) is 2.23. The molecule has 2 heterocycles. The third-order valence-electron chi connectivity index (χ3n) is 3.58. The molecule has 0 radical (unpaired) electrons. The van der Waals surface area contributed by atoms with Crippen LogP contribution in [-0.4, -0.2) is 32.0 Å². The van der Waals surface area contributed by atoms with Crippen molar-refractivity contribution in [1.82, 2.24) is 10.4 Å². The Morgan fingerprint density at radius 3 is 2.84 bits per heavy atom. The van der Waals surface area contributed by atoms with Crippen LogP contribution >= 0.6 is 0 Å².